The van der Waals surface area contributed by atoms with Gasteiger partial charge in [-0.1, -0.05) is 22.6 Å². The van der Waals surface area contributed by atoms with Crippen LogP contribution in [0.1, 0.15) is 33.0 Å². The zero-order valence-corrected chi connectivity index (χ0v) is 16.7. The summed E-state index contributed by atoms with van der Waals surface area (Å²) < 4.78 is 3.43. The van der Waals surface area contributed by atoms with Crippen LogP contribution in [-0.2, 0) is 0 Å². The lowest BCUT2D eigenvalue weighted by atomic mass is 10.1. The molecule has 0 bridgehead atoms. The number of rotatable bonds is 4. The van der Waals surface area contributed by atoms with Crippen LogP contribution in [0.5, 0.6) is 0 Å². The summed E-state index contributed by atoms with van der Waals surface area (Å²) in [5.74, 6) is -0.302. The summed E-state index contributed by atoms with van der Waals surface area (Å²) in [7, 11) is 0. The number of carbonyl (C=O) groups is 1. The highest BCUT2D eigenvalue weighted by atomic mass is 16.2. The first-order valence-corrected chi connectivity index (χ1v) is 9.23. The summed E-state index contributed by atoms with van der Waals surface area (Å²) in [5, 5.41) is 19.1. The molecule has 0 saturated heterocycles. The monoisotopic (exact) mass is 387 g/mol. The lowest BCUT2D eigenvalue weighted by Crippen LogP contribution is -2.14. The molecule has 0 aliphatic heterocycles. The Kier molecular flexibility index (Phi) is 4.67. The van der Waals surface area contributed by atoms with Crippen molar-refractivity contribution in [3.63, 3.8) is 0 Å². The fraction of sp³-hybridized carbons (Fsp3) is 0.190. The van der Waals surface area contributed by atoms with Crippen molar-refractivity contribution in [3.05, 3.63) is 76.9 Å². The third-order valence-electron chi connectivity index (χ3n) is 4.79. The first-order chi connectivity index (χ1) is 13.9. The van der Waals surface area contributed by atoms with Gasteiger partial charge in [-0.15, -0.1) is 10.2 Å². The molecule has 0 radical (unpaired) electrons. The van der Waals surface area contributed by atoms with Crippen molar-refractivity contribution in [3.8, 4) is 11.4 Å². The average Bonchev–Trinajstić information content (AvgIpc) is 3.30. The highest BCUT2D eigenvalue weighted by molar-refractivity contribution is 6.03. The normalized spacial score (nSPS) is 10.9. The Hall–Kier alpha value is -3.81. The van der Waals surface area contributed by atoms with Crippen molar-refractivity contribution < 1.29 is 4.79 Å². The van der Waals surface area contributed by atoms with E-state index >= 15 is 0 Å². The van der Waals surface area contributed by atoms with Crippen LogP contribution >= 0.6 is 0 Å². The number of amides is 1. The lowest BCUT2D eigenvalue weighted by Gasteiger charge is -2.09. The minimum atomic E-state index is -0.302. The topological polar surface area (TPSA) is 90.5 Å². The second-order valence-electron chi connectivity index (χ2n) is 7.01. The highest BCUT2D eigenvalue weighted by Gasteiger charge is 2.18. The van der Waals surface area contributed by atoms with Crippen molar-refractivity contribution in [1.29, 1.82) is 0 Å². The maximum absolute atomic E-state index is 12.7. The van der Waals surface area contributed by atoms with E-state index in [4.69, 9.17) is 0 Å². The number of benzene rings is 2. The molecule has 0 aliphatic carbocycles. The third-order valence-corrected chi connectivity index (χ3v) is 4.79. The smallest absolute Gasteiger partial charge is 0.278 e. The number of nitrogens with zero attached hydrogens (tertiary/aromatic N) is 6. The molecule has 8 heteroatoms. The van der Waals surface area contributed by atoms with E-state index in [-0.39, 0.29) is 5.91 Å². The first kappa shape index (κ1) is 18.5. The van der Waals surface area contributed by atoms with Gasteiger partial charge in [0.2, 0.25) is 0 Å². The van der Waals surface area contributed by atoms with Crippen LogP contribution < -0.4 is 5.32 Å². The van der Waals surface area contributed by atoms with E-state index in [1.165, 1.54) is 0 Å². The van der Waals surface area contributed by atoms with E-state index in [1.54, 1.807) is 15.6 Å². The number of carbonyl (C=O) groups excluding carboxylic acids is 1. The second-order valence-corrected chi connectivity index (χ2v) is 7.01. The molecule has 8 nitrogen and oxygen atoms in total. The number of anilines is 1. The van der Waals surface area contributed by atoms with Gasteiger partial charge in [0.25, 0.3) is 5.91 Å². The fourth-order valence-electron chi connectivity index (χ4n) is 3.13. The predicted molar refractivity (Wildman–Crippen MR) is 110 cm³/mol. The van der Waals surface area contributed by atoms with Gasteiger partial charge < -0.3 is 5.32 Å². The fourth-order valence-corrected chi connectivity index (χ4v) is 3.13. The molecular weight excluding hydrogens is 366 g/mol. The zero-order valence-electron chi connectivity index (χ0n) is 16.7. The van der Waals surface area contributed by atoms with Crippen LogP contribution in [0.3, 0.4) is 0 Å². The highest BCUT2D eigenvalue weighted by Crippen LogP contribution is 2.19. The van der Waals surface area contributed by atoms with Crippen molar-refractivity contribution in [2.75, 3.05) is 5.32 Å². The Balaban J connectivity index is 1.56. The molecule has 0 unspecified atom stereocenters. The molecule has 2 aromatic heterocycles. The van der Waals surface area contributed by atoms with Gasteiger partial charge in [-0.2, -0.15) is 0 Å². The molecule has 2 heterocycles. The van der Waals surface area contributed by atoms with E-state index < -0.39 is 0 Å². The van der Waals surface area contributed by atoms with Gasteiger partial charge in [-0.25, -0.2) is 9.36 Å². The van der Waals surface area contributed by atoms with E-state index in [2.05, 4.69) is 25.9 Å². The summed E-state index contributed by atoms with van der Waals surface area (Å²) in [5.41, 5.74) is 6.55. The molecular formula is C21H21N7O. The third kappa shape index (κ3) is 3.52. The Morgan fingerprint density at radius 1 is 0.931 bits per heavy atom. The summed E-state index contributed by atoms with van der Waals surface area (Å²) in [6.07, 6.45) is 1.69. The van der Waals surface area contributed by atoms with E-state index in [0.29, 0.717) is 17.1 Å². The molecule has 4 rings (SSSR count). The molecule has 4 aromatic rings. The minimum absolute atomic E-state index is 0.294. The number of hydrogen-bond donors (Lipinski definition) is 1. The van der Waals surface area contributed by atoms with Gasteiger partial charge in [-0.05, 0) is 69.2 Å². The maximum atomic E-state index is 12.7. The first-order valence-electron chi connectivity index (χ1n) is 9.23. The Labute approximate surface area is 168 Å². The second kappa shape index (κ2) is 7.31. The van der Waals surface area contributed by atoms with Crippen molar-refractivity contribution >= 4 is 11.6 Å². The zero-order chi connectivity index (χ0) is 20.5. The number of hydrogen-bond acceptors (Lipinski definition) is 5. The van der Waals surface area contributed by atoms with Crippen LogP contribution in [0.15, 0.2) is 48.7 Å². The minimum Gasteiger partial charge on any atom is -0.321 e. The van der Waals surface area contributed by atoms with Crippen molar-refractivity contribution in [2.24, 2.45) is 0 Å². The standard InChI is InChI=1S/C21H21N7O/c1-13-5-6-14(2)19(11-13)28-16(4)20(24-26-28)21(29)23-17-7-9-18(10-8-17)27-15(3)12-22-25-27/h5-12H,1-4H3,(H,23,29). The number of nitrogens with one attached hydrogen (secondary N) is 1. The Bertz CT molecular complexity index is 1190. The van der Waals surface area contributed by atoms with Crippen molar-refractivity contribution in [1.82, 2.24) is 30.0 Å². The summed E-state index contributed by atoms with van der Waals surface area (Å²) in [4.78, 5) is 12.7. The lowest BCUT2D eigenvalue weighted by molar-refractivity contribution is 0.102. The van der Waals surface area contributed by atoms with E-state index in [0.717, 1.165) is 28.2 Å². The Morgan fingerprint density at radius 2 is 1.69 bits per heavy atom. The van der Waals surface area contributed by atoms with Gasteiger partial charge >= 0.3 is 0 Å². The molecule has 1 amide bonds. The largest absolute Gasteiger partial charge is 0.321 e. The predicted octanol–water partition coefficient (Wildman–Crippen LogP) is 3.33. The average molecular weight is 387 g/mol. The van der Waals surface area contributed by atoms with Gasteiger partial charge in [0.1, 0.15) is 0 Å². The molecule has 0 atom stereocenters. The molecule has 2 aromatic carbocycles. The Morgan fingerprint density at radius 3 is 2.38 bits per heavy atom. The maximum Gasteiger partial charge on any atom is 0.278 e. The summed E-state index contributed by atoms with van der Waals surface area (Å²) in [6, 6.07) is 13.5. The summed E-state index contributed by atoms with van der Waals surface area (Å²) >= 11 is 0. The molecule has 1 N–H and O–H groups in total. The van der Waals surface area contributed by atoms with Crippen LogP contribution in [0.25, 0.3) is 11.4 Å². The van der Waals surface area contributed by atoms with Gasteiger partial charge in [0.15, 0.2) is 5.69 Å². The number of aromatic nitrogens is 6. The van der Waals surface area contributed by atoms with Crippen LogP contribution in [0.4, 0.5) is 5.69 Å². The summed E-state index contributed by atoms with van der Waals surface area (Å²) in [6.45, 7) is 7.80. The molecule has 0 aliphatic rings. The van der Waals surface area contributed by atoms with E-state index in [9.17, 15) is 4.79 Å². The molecule has 0 fully saturated rings. The molecule has 0 spiro atoms. The van der Waals surface area contributed by atoms with Gasteiger partial charge in [0.05, 0.1) is 29.0 Å². The van der Waals surface area contributed by atoms with Gasteiger partial charge in [0, 0.05) is 5.69 Å². The van der Waals surface area contributed by atoms with Crippen LogP contribution in [0.2, 0.25) is 0 Å². The molecule has 0 saturated carbocycles. The van der Waals surface area contributed by atoms with Crippen molar-refractivity contribution in [2.45, 2.75) is 27.7 Å². The SMILES string of the molecule is Cc1ccc(C)c(-n2nnc(C(=O)Nc3ccc(-n4nncc4C)cc3)c2C)c1. The van der Waals surface area contributed by atoms with Gasteiger partial charge in [-0.3, -0.25) is 4.79 Å². The quantitative estimate of drug-likeness (QED) is 0.580. The molecule has 29 heavy (non-hydrogen) atoms. The van der Waals surface area contributed by atoms with E-state index in [1.807, 2.05) is 70.2 Å². The molecule has 146 valence electrons. The number of aryl methyl sites for hydroxylation is 3. The van der Waals surface area contributed by atoms with Crippen LogP contribution in [-0.4, -0.2) is 35.9 Å². The van der Waals surface area contributed by atoms with Crippen LogP contribution in [0, 0.1) is 27.7 Å².